The molecule has 4 amide bonds. The van der Waals surface area contributed by atoms with Gasteiger partial charge in [-0.2, -0.15) is 0 Å². The topological polar surface area (TPSA) is 229 Å². The maximum absolute atomic E-state index is 14.1. The SMILES string of the molecule is CN(C)CCNC(=O)c1ccc(-c2nc3ccc(-c4ccc5nc(-c6ccc(C(=O)NCC7CCCCN7C(=O)c7ccc(-c8nc9ccc(-c%10ccc%11nc(-c%12ccc(C(=O)NCCN(C)C)cc%12)[nH]c%11c%10)cc9[nH]8)cc7)cc6)[nH]c5c4)cc3[nH]2)cc1. The Kier molecular flexibility index (Phi) is 15.7. The van der Waals surface area contributed by atoms with Crippen molar-refractivity contribution in [2.45, 2.75) is 25.3 Å². The zero-order chi connectivity index (χ0) is 60.4. The van der Waals surface area contributed by atoms with Crippen LogP contribution in [0.4, 0.5) is 0 Å². The van der Waals surface area contributed by atoms with Crippen molar-refractivity contribution in [3.05, 3.63) is 192 Å². The van der Waals surface area contributed by atoms with Gasteiger partial charge < -0.3 is 50.6 Å². The number of hydrogen-bond acceptors (Lipinski definition) is 10. The molecule has 18 heteroatoms. The van der Waals surface area contributed by atoms with Gasteiger partial charge in [-0.3, -0.25) is 19.2 Å². The Morgan fingerprint density at radius 3 is 1.05 bits per heavy atom. The van der Waals surface area contributed by atoms with Gasteiger partial charge in [-0.25, -0.2) is 19.9 Å². The average molecular weight is 1170 g/mol. The molecule has 13 rings (SSSR count). The Bertz CT molecular complexity index is 4560. The van der Waals surface area contributed by atoms with Gasteiger partial charge in [-0.1, -0.05) is 72.8 Å². The second-order valence-corrected chi connectivity index (χ2v) is 23.1. The average Bonchev–Trinajstić information content (AvgIpc) is 4.19. The molecule has 7 N–H and O–H groups in total. The summed E-state index contributed by atoms with van der Waals surface area (Å²) in [7, 11) is 7.90. The molecule has 88 heavy (non-hydrogen) atoms. The van der Waals surface area contributed by atoms with Crippen molar-refractivity contribution in [2.24, 2.45) is 0 Å². The number of nitrogens with zero attached hydrogens (tertiary/aromatic N) is 7. The third-order valence-corrected chi connectivity index (χ3v) is 16.3. The highest BCUT2D eigenvalue weighted by Gasteiger charge is 2.28. The summed E-state index contributed by atoms with van der Waals surface area (Å²) in [5, 5.41) is 9.03. The lowest BCUT2D eigenvalue weighted by atomic mass is 10.00. The highest BCUT2D eigenvalue weighted by Crippen LogP contribution is 2.33. The fraction of sp³-hybridized carbons (Fsp3) is 0.200. The molecule has 1 unspecified atom stereocenters. The van der Waals surface area contributed by atoms with E-state index in [4.69, 9.17) is 19.9 Å². The number of imidazole rings is 4. The molecule has 8 aromatic carbocycles. The van der Waals surface area contributed by atoms with Gasteiger partial charge in [0.1, 0.15) is 23.3 Å². The number of amides is 4. The lowest BCUT2D eigenvalue weighted by Gasteiger charge is -2.36. The number of nitrogens with one attached hydrogen (secondary N) is 7. The molecule has 1 fully saturated rings. The number of rotatable bonds is 18. The summed E-state index contributed by atoms with van der Waals surface area (Å²) in [6.07, 6.45) is 2.65. The van der Waals surface area contributed by atoms with Gasteiger partial charge >= 0.3 is 0 Å². The molecule has 12 aromatic rings. The number of aromatic amines is 4. The van der Waals surface area contributed by atoms with E-state index in [9.17, 15) is 19.2 Å². The fourth-order valence-electron chi connectivity index (χ4n) is 11.4. The van der Waals surface area contributed by atoms with Crippen LogP contribution in [0, 0.1) is 0 Å². The number of aromatic nitrogens is 8. The van der Waals surface area contributed by atoms with Gasteiger partial charge in [0.2, 0.25) is 0 Å². The number of benzene rings is 8. The van der Waals surface area contributed by atoms with Crippen molar-refractivity contribution in [2.75, 3.05) is 67.5 Å². The molecule has 4 aromatic heterocycles. The molecule has 1 atom stereocenters. The lowest BCUT2D eigenvalue weighted by molar-refractivity contribution is 0.0602. The van der Waals surface area contributed by atoms with Gasteiger partial charge in [-0.05, 0) is 167 Å². The van der Waals surface area contributed by atoms with Crippen LogP contribution in [-0.2, 0) is 0 Å². The first kappa shape index (κ1) is 56.6. The molecule has 0 saturated carbocycles. The van der Waals surface area contributed by atoms with E-state index in [-0.39, 0.29) is 29.7 Å². The van der Waals surface area contributed by atoms with Crippen LogP contribution in [0.15, 0.2) is 170 Å². The predicted octanol–water partition coefficient (Wildman–Crippen LogP) is 11.2. The summed E-state index contributed by atoms with van der Waals surface area (Å²) in [6, 6.07) is 54.4. The van der Waals surface area contributed by atoms with Gasteiger partial charge in [0.25, 0.3) is 23.6 Å². The highest BCUT2D eigenvalue weighted by molar-refractivity contribution is 5.98. The fourth-order valence-corrected chi connectivity index (χ4v) is 11.4. The Morgan fingerprint density at radius 2 is 0.716 bits per heavy atom. The first-order chi connectivity index (χ1) is 42.8. The van der Waals surface area contributed by atoms with Crippen LogP contribution < -0.4 is 16.0 Å². The maximum Gasteiger partial charge on any atom is 0.254 e. The summed E-state index contributed by atoms with van der Waals surface area (Å²) in [5.41, 5.74) is 16.7. The number of H-pyrrole nitrogens is 4. The largest absolute Gasteiger partial charge is 0.351 e. The molecule has 1 aliphatic rings. The van der Waals surface area contributed by atoms with E-state index in [0.29, 0.717) is 60.1 Å². The van der Waals surface area contributed by atoms with Crippen LogP contribution in [0.1, 0.15) is 60.7 Å². The Hall–Kier alpha value is -10.6. The van der Waals surface area contributed by atoms with E-state index in [2.05, 4.69) is 84.4 Å². The van der Waals surface area contributed by atoms with Gasteiger partial charge in [0.15, 0.2) is 0 Å². The van der Waals surface area contributed by atoms with Crippen LogP contribution in [0.5, 0.6) is 0 Å². The van der Waals surface area contributed by atoms with Gasteiger partial charge in [0, 0.05) is 89.8 Å². The standard InChI is InChI=1S/C70H66N14O4/c1-82(2)35-32-71-67(85)46-16-8-42(9-17-46)63-74-55-28-24-50(37-59(55)78-63)51-26-30-57-61(39-51)80-65(76-57)44-12-20-48(21-13-44)69(87)73-41-54-7-5-6-34-84(54)70(88)49-22-14-45(15-23-49)66-77-58-31-27-53(40-62(58)81-66)52-25-29-56-60(38-52)79-64(75-56)43-10-18-47(19-11-43)68(86)72-33-36-83(3)4/h8-31,37-40,54H,5-7,32-36,41H2,1-4H3,(H,71,85)(H,72,86)(H,73,87)(H,74,78)(H,75,79)(H,76,80)(H,77,81). The Labute approximate surface area is 507 Å². The number of fused-ring (bicyclic) bond motifs is 4. The molecule has 5 heterocycles. The summed E-state index contributed by atoms with van der Waals surface area (Å²) in [4.78, 5) is 92.3. The van der Waals surface area contributed by atoms with Crippen molar-refractivity contribution >= 4 is 67.8 Å². The molecule has 18 nitrogen and oxygen atoms in total. The highest BCUT2D eigenvalue weighted by atomic mass is 16.2. The summed E-state index contributed by atoms with van der Waals surface area (Å²) in [5.74, 6) is 2.37. The molecule has 0 bridgehead atoms. The van der Waals surface area contributed by atoms with Crippen LogP contribution in [0.3, 0.4) is 0 Å². The maximum atomic E-state index is 14.1. The molecule has 1 saturated heterocycles. The molecule has 1 aliphatic heterocycles. The normalized spacial score (nSPS) is 13.5. The first-order valence-corrected chi connectivity index (χ1v) is 29.7. The smallest absolute Gasteiger partial charge is 0.254 e. The molecular formula is C70H66N14O4. The van der Waals surface area contributed by atoms with Crippen molar-refractivity contribution in [1.29, 1.82) is 0 Å². The molecule has 0 spiro atoms. The molecule has 440 valence electrons. The van der Waals surface area contributed by atoms with Crippen LogP contribution in [0.25, 0.3) is 112 Å². The zero-order valence-corrected chi connectivity index (χ0v) is 49.4. The van der Waals surface area contributed by atoms with Crippen molar-refractivity contribution < 1.29 is 19.2 Å². The minimum absolute atomic E-state index is 0.0663. The molecule has 0 radical (unpaired) electrons. The summed E-state index contributed by atoms with van der Waals surface area (Å²) < 4.78 is 0. The van der Waals surface area contributed by atoms with Gasteiger partial charge in [0.05, 0.1) is 44.1 Å². The Balaban J connectivity index is 0.613. The second-order valence-electron chi connectivity index (χ2n) is 23.1. The van der Waals surface area contributed by atoms with Crippen LogP contribution in [-0.4, -0.2) is 152 Å². The van der Waals surface area contributed by atoms with Crippen LogP contribution >= 0.6 is 0 Å². The molecular weight excluding hydrogens is 1100 g/mol. The third kappa shape index (κ3) is 12.2. The van der Waals surface area contributed by atoms with E-state index >= 15 is 0 Å². The number of carbonyl (C=O) groups excluding carboxylic acids is 4. The van der Waals surface area contributed by atoms with E-state index in [0.717, 1.165) is 133 Å². The minimum Gasteiger partial charge on any atom is -0.351 e. The minimum atomic E-state index is -0.206. The number of likely N-dealkylation sites (tertiary alicyclic amines) is 1. The Morgan fingerprint density at radius 1 is 0.409 bits per heavy atom. The first-order valence-electron chi connectivity index (χ1n) is 29.7. The monoisotopic (exact) mass is 1170 g/mol. The van der Waals surface area contributed by atoms with E-state index in [1.54, 1.807) is 12.1 Å². The van der Waals surface area contributed by atoms with E-state index < -0.39 is 0 Å². The van der Waals surface area contributed by atoms with Crippen molar-refractivity contribution in [3.8, 4) is 67.8 Å². The number of piperidine rings is 1. The molecule has 0 aliphatic carbocycles. The number of carbonyl (C=O) groups is 4. The second kappa shape index (κ2) is 24.4. The van der Waals surface area contributed by atoms with Crippen molar-refractivity contribution in [1.82, 2.24) is 70.5 Å². The summed E-state index contributed by atoms with van der Waals surface area (Å²) >= 11 is 0. The third-order valence-electron chi connectivity index (χ3n) is 16.3. The summed E-state index contributed by atoms with van der Waals surface area (Å²) in [6.45, 7) is 3.64. The van der Waals surface area contributed by atoms with Gasteiger partial charge in [-0.15, -0.1) is 0 Å². The van der Waals surface area contributed by atoms with E-state index in [1.165, 1.54) is 0 Å². The van der Waals surface area contributed by atoms with Crippen molar-refractivity contribution in [3.63, 3.8) is 0 Å². The zero-order valence-electron chi connectivity index (χ0n) is 49.4. The predicted molar refractivity (Wildman–Crippen MR) is 347 cm³/mol. The van der Waals surface area contributed by atoms with E-state index in [1.807, 2.05) is 152 Å². The quantitative estimate of drug-likeness (QED) is 0.0430. The number of likely N-dealkylation sites (N-methyl/N-ethyl adjacent to an activating group) is 2. The lowest BCUT2D eigenvalue weighted by Crippen LogP contribution is -2.49. The number of hydrogen-bond donors (Lipinski definition) is 7. The van der Waals surface area contributed by atoms with Crippen LogP contribution in [0.2, 0.25) is 0 Å².